The van der Waals surface area contributed by atoms with Crippen molar-refractivity contribution in [1.82, 2.24) is 4.98 Å². The number of carbonyl (C=O) groups excluding carboxylic acids is 1. The van der Waals surface area contributed by atoms with Crippen LogP contribution in [0, 0.1) is 5.92 Å². The molecule has 3 rings (SSSR count). The van der Waals surface area contributed by atoms with E-state index in [-0.39, 0.29) is 42.7 Å². The molecule has 1 fully saturated rings. The van der Waals surface area contributed by atoms with Crippen molar-refractivity contribution in [3.05, 3.63) is 48.8 Å². The number of anilines is 1. The molecule has 2 aromatic rings. The predicted octanol–water partition coefficient (Wildman–Crippen LogP) is 3.78. The molecular weight excluding hydrogens is 349 g/mol. The first-order valence-electron chi connectivity index (χ1n) is 7.45. The first-order chi connectivity index (χ1) is 10.7. The zero-order valence-electron chi connectivity index (χ0n) is 13.1. The minimum Gasteiger partial charge on any atom is -0.457 e. The molecule has 0 radical (unpaired) electrons. The van der Waals surface area contributed by atoms with Crippen LogP contribution in [0.2, 0.25) is 0 Å². The molecule has 0 saturated heterocycles. The molecule has 2 atom stereocenters. The predicted molar refractivity (Wildman–Crippen MR) is 99.2 cm³/mol. The number of amides is 1. The second-order valence-corrected chi connectivity index (χ2v) is 5.57. The van der Waals surface area contributed by atoms with Gasteiger partial charge < -0.3 is 15.8 Å². The van der Waals surface area contributed by atoms with E-state index >= 15 is 0 Å². The second kappa shape index (κ2) is 9.47. The minimum atomic E-state index is 0. The van der Waals surface area contributed by atoms with Crippen LogP contribution < -0.4 is 15.8 Å². The number of nitrogens with two attached hydrogens (primary N) is 1. The molecule has 1 amide bonds. The van der Waals surface area contributed by atoms with Crippen molar-refractivity contribution >= 4 is 36.4 Å². The van der Waals surface area contributed by atoms with E-state index in [0.29, 0.717) is 5.75 Å². The van der Waals surface area contributed by atoms with E-state index in [1.807, 2.05) is 24.3 Å². The van der Waals surface area contributed by atoms with Crippen molar-refractivity contribution in [3.8, 4) is 11.5 Å². The number of nitrogens with one attached hydrogen (secondary N) is 1. The molecule has 130 valence electrons. The lowest BCUT2D eigenvalue weighted by Crippen LogP contribution is -2.23. The van der Waals surface area contributed by atoms with Gasteiger partial charge in [-0.2, -0.15) is 0 Å². The SMILES string of the molecule is Cl.Cl.NC1CCC(C(=O)Nc2ccc(Oc3ccncc3)cc2)C1. The minimum absolute atomic E-state index is 0. The fourth-order valence-electron chi connectivity index (χ4n) is 2.65. The van der Waals surface area contributed by atoms with Crippen LogP contribution in [0.4, 0.5) is 5.69 Å². The summed E-state index contributed by atoms with van der Waals surface area (Å²) in [6.07, 6.45) is 5.93. The molecule has 0 spiro atoms. The molecule has 2 unspecified atom stereocenters. The fourth-order valence-corrected chi connectivity index (χ4v) is 2.65. The van der Waals surface area contributed by atoms with Crippen molar-refractivity contribution in [2.75, 3.05) is 5.32 Å². The van der Waals surface area contributed by atoms with E-state index in [1.54, 1.807) is 24.5 Å². The van der Waals surface area contributed by atoms with Gasteiger partial charge in [0.25, 0.3) is 0 Å². The van der Waals surface area contributed by atoms with E-state index in [2.05, 4.69) is 10.3 Å². The summed E-state index contributed by atoms with van der Waals surface area (Å²) >= 11 is 0. The highest BCUT2D eigenvalue weighted by Gasteiger charge is 2.27. The molecule has 5 nitrogen and oxygen atoms in total. The van der Waals surface area contributed by atoms with Crippen molar-refractivity contribution in [1.29, 1.82) is 0 Å². The topological polar surface area (TPSA) is 77.2 Å². The third-order valence-electron chi connectivity index (χ3n) is 3.85. The van der Waals surface area contributed by atoms with Gasteiger partial charge in [0.1, 0.15) is 11.5 Å². The van der Waals surface area contributed by atoms with E-state index in [1.165, 1.54) is 0 Å². The van der Waals surface area contributed by atoms with Crippen LogP contribution in [-0.2, 0) is 4.79 Å². The number of rotatable bonds is 4. The van der Waals surface area contributed by atoms with Gasteiger partial charge in [-0.05, 0) is 55.7 Å². The summed E-state index contributed by atoms with van der Waals surface area (Å²) in [6.45, 7) is 0. The Kier molecular flexibility index (Phi) is 7.98. The summed E-state index contributed by atoms with van der Waals surface area (Å²) in [6, 6.07) is 11.1. The number of hydrogen-bond acceptors (Lipinski definition) is 4. The Bertz CT molecular complexity index is 638. The Hall–Kier alpha value is -1.82. The van der Waals surface area contributed by atoms with Crippen molar-refractivity contribution < 1.29 is 9.53 Å². The van der Waals surface area contributed by atoms with Gasteiger partial charge in [-0.25, -0.2) is 0 Å². The lowest BCUT2D eigenvalue weighted by molar-refractivity contribution is -0.119. The maximum absolute atomic E-state index is 12.1. The Morgan fingerprint density at radius 2 is 1.67 bits per heavy atom. The van der Waals surface area contributed by atoms with Gasteiger partial charge in [0, 0.05) is 30.0 Å². The van der Waals surface area contributed by atoms with Crippen molar-refractivity contribution in [2.45, 2.75) is 25.3 Å². The van der Waals surface area contributed by atoms with Crippen LogP contribution >= 0.6 is 24.8 Å². The highest BCUT2D eigenvalue weighted by Crippen LogP contribution is 2.26. The van der Waals surface area contributed by atoms with Crippen LogP contribution in [0.3, 0.4) is 0 Å². The molecule has 24 heavy (non-hydrogen) atoms. The molecule has 1 aromatic carbocycles. The molecule has 0 aliphatic heterocycles. The highest BCUT2D eigenvalue weighted by molar-refractivity contribution is 5.92. The normalized spacial score (nSPS) is 18.9. The quantitative estimate of drug-likeness (QED) is 0.859. The van der Waals surface area contributed by atoms with Crippen LogP contribution in [0.15, 0.2) is 48.8 Å². The van der Waals surface area contributed by atoms with E-state index < -0.39 is 0 Å². The molecule has 3 N–H and O–H groups in total. The van der Waals surface area contributed by atoms with E-state index in [4.69, 9.17) is 10.5 Å². The lowest BCUT2D eigenvalue weighted by atomic mass is 10.1. The molecule has 1 heterocycles. The largest absolute Gasteiger partial charge is 0.457 e. The Morgan fingerprint density at radius 3 is 2.25 bits per heavy atom. The summed E-state index contributed by atoms with van der Waals surface area (Å²) in [7, 11) is 0. The van der Waals surface area contributed by atoms with Gasteiger partial charge in [-0.1, -0.05) is 0 Å². The van der Waals surface area contributed by atoms with E-state index in [9.17, 15) is 4.79 Å². The number of carbonyl (C=O) groups is 1. The van der Waals surface area contributed by atoms with Crippen LogP contribution in [-0.4, -0.2) is 16.9 Å². The Morgan fingerprint density at radius 1 is 1.04 bits per heavy atom. The average Bonchev–Trinajstić information content (AvgIpc) is 2.97. The Balaban J connectivity index is 0.00000144. The number of pyridine rings is 1. The van der Waals surface area contributed by atoms with E-state index in [0.717, 1.165) is 30.7 Å². The van der Waals surface area contributed by atoms with Gasteiger partial charge in [-0.3, -0.25) is 9.78 Å². The number of ether oxygens (including phenoxy) is 1. The average molecular weight is 370 g/mol. The molecule has 1 saturated carbocycles. The second-order valence-electron chi connectivity index (χ2n) is 5.57. The first kappa shape index (κ1) is 20.2. The fraction of sp³-hybridized carbons (Fsp3) is 0.294. The van der Waals surface area contributed by atoms with Gasteiger partial charge in [0.05, 0.1) is 0 Å². The summed E-state index contributed by atoms with van der Waals surface area (Å²) in [5.74, 6) is 1.53. The zero-order chi connectivity index (χ0) is 15.4. The van der Waals surface area contributed by atoms with Gasteiger partial charge in [-0.15, -0.1) is 24.8 Å². The van der Waals surface area contributed by atoms with Gasteiger partial charge >= 0.3 is 0 Å². The number of aromatic nitrogens is 1. The van der Waals surface area contributed by atoms with Crippen molar-refractivity contribution in [3.63, 3.8) is 0 Å². The summed E-state index contributed by atoms with van der Waals surface area (Å²) in [4.78, 5) is 16.1. The smallest absolute Gasteiger partial charge is 0.227 e. The maximum Gasteiger partial charge on any atom is 0.227 e. The van der Waals surface area contributed by atoms with Crippen LogP contribution in [0.25, 0.3) is 0 Å². The van der Waals surface area contributed by atoms with Crippen LogP contribution in [0.1, 0.15) is 19.3 Å². The van der Waals surface area contributed by atoms with Gasteiger partial charge in [0.15, 0.2) is 0 Å². The first-order valence-corrected chi connectivity index (χ1v) is 7.45. The molecule has 1 aromatic heterocycles. The molecule has 7 heteroatoms. The zero-order valence-corrected chi connectivity index (χ0v) is 14.7. The van der Waals surface area contributed by atoms with Gasteiger partial charge in [0.2, 0.25) is 5.91 Å². The van der Waals surface area contributed by atoms with Crippen molar-refractivity contribution in [2.24, 2.45) is 11.7 Å². The maximum atomic E-state index is 12.1. The third kappa shape index (κ3) is 5.37. The molecule has 0 bridgehead atoms. The van der Waals surface area contributed by atoms with Crippen LogP contribution in [0.5, 0.6) is 11.5 Å². The number of nitrogens with zero attached hydrogens (tertiary/aromatic N) is 1. The number of hydrogen-bond donors (Lipinski definition) is 2. The standard InChI is InChI=1S/C17H19N3O2.2ClH/c18-13-2-1-12(11-13)17(21)20-14-3-5-15(6-4-14)22-16-7-9-19-10-8-16;;/h3-10,12-13H,1-2,11,18H2,(H,20,21);2*1H. The molecular formula is C17H21Cl2N3O2. The lowest BCUT2D eigenvalue weighted by Gasteiger charge is -2.11. The number of halogens is 2. The third-order valence-corrected chi connectivity index (χ3v) is 3.85. The number of benzene rings is 1. The summed E-state index contributed by atoms with van der Waals surface area (Å²) in [5.41, 5.74) is 6.62. The highest BCUT2D eigenvalue weighted by atomic mass is 35.5. The Labute approximate surface area is 153 Å². The summed E-state index contributed by atoms with van der Waals surface area (Å²) < 4.78 is 5.68. The summed E-state index contributed by atoms with van der Waals surface area (Å²) in [5, 5.41) is 2.94. The molecule has 1 aliphatic rings. The molecule has 1 aliphatic carbocycles. The monoisotopic (exact) mass is 369 g/mol.